The SMILES string of the molecule is [C-]#[N+]c1ccc2c(n1)c1c(c(=O)n2C)N(CCOC)C(=O)[C@H]2CN(C(c3ccc(F)cc3)c3ccc(F)cc3)[C@H](C)CN12. The zero-order valence-electron chi connectivity index (χ0n) is 24.0. The van der Waals surface area contributed by atoms with E-state index in [0.717, 1.165) is 11.1 Å². The number of methoxy groups -OCH3 is 1. The summed E-state index contributed by atoms with van der Waals surface area (Å²) in [6.45, 7) is 10.6. The van der Waals surface area contributed by atoms with Crippen molar-refractivity contribution in [3.05, 3.63) is 105 Å². The summed E-state index contributed by atoms with van der Waals surface area (Å²) >= 11 is 0. The molecule has 2 aromatic carbocycles. The summed E-state index contributed by atoms with van der Waals surface area (Å²) in [6.07, 6.45) is 0. The molecule has 2 aromatic heterocycles. The van der Waals surface area contributed by atoms with Gasteiger partial charge in [-0.1, -0.05) is 30.8 Å². The first-order chi connectivity index (χ1) is 20.7. The van der Waals surface area contributed by atoms with Crippen LogP contribution in [0.1, 0.15) is 24.1 Å². The van der Waals surface area contributed by atoms with Crippen LogP contribution in [0.3, 0.4) is 0 Å². The Hall–Kier alpha value is -4.66. The maximum absolute atomic E-state index is 14.3. The van der Waals surface area contributed by atoms with Gasteiger partial charge in [0.05, 0.1) is 18.2 Å². The van der Waals surface area contributed by atoms with Crippen LogP contribution in [0.25, 0.3) is 15.9 Å². The maximum atomic E-state index is 14.3. The van der Waals surface area contributed by atoms with Crippen LogP contribution in [-0.4, -0.2) is 65.8 Å². The van der Waals surface area contributed by atoms with E-state index in [4.69, 9.17) is 11.3 Å². The number of aromatic nitrogens is 2. The lowest BCUT2D eigenvalue weighted by atomic mass is 9.92. The fourth-order valence-corrected chi connectivity index (χ4v) is 6.32. The van der Waals surface area contributed by atoms with Crippen LogP contribution in [0.15, 0.2) is 65.5 Å². The number of benzene rings is 2. The van der Waals surface area contributed by atoms with E-state index in [9.17, 15) is 18.4 Å². The van der Waals surface area contributed by atoms with Gasteiger partial charge in [-0.3, -0.25) is 14.5 Å². The molecule has 11 heteroatoms. The number of fused-ring (bicyclic) bond motifs is 5. The molecule has 1 fully saturated rings. The molecule has 0 saturated carbocycles. The first-order valence-corrected chi connectivity index (χ1v) is 14.0. The van der Waals surface area contributed by atoms with E-state index in [1.807, 2.05) is 11.8 Å². The molecule has 0 N–H and O–H groups in total. The number of pyridine rings is 2. The lowest BCUT2D eigenvalue weighted by molar-refractivity contribution is -0.121. The number of hydrogen-bond donors (Lipinski definition) is 0. The molecule has 0 aliphatic carbocycles. The van der Waals surface area contributed by atoms with Gasteiger partial charge in [0.15, 0.2) is 0 Å². The average Bonchev–Trinajstić information content (AvgIpc) is 3.01. The predicted octanol–water partition coefficient (Wildman–Crippen LogP) is 4.42. The van der Waals surface area contributed by atoms with Crippen molar-refractivity contribution in [1.82, 2.24) is 14.5 Å². The van der Waals surface area contributed by atoms with Crippen molar-refractivity contribution < 1.29 is 18.3 Å². The van der Waals surface area contributed by atoms with Crippen molar-refractivity contribution in [2.75, 3.05) is 43.2 Å². The minimum absolute atomic E-state index is 0.158. The van der Waals surface area contributed by atoms with Crippen molar-refractivity contribution in [3.8, 4) is 0 Å². The molecule has 4 aromatic rings. The molecule has 2 aliphatic heterocycles. The number of aryl methyl sites for hydroxylation is 1. The van der Waals surface area contributed by atoms with Crippen molar-refractivity contribution in [2.24, 2.45) is 7.05 Å². The fraction of sp³-hybridized carbons (Fsp3) is 0.312. The summed E-state index contributed by atoms with van der Waals surface area (Å²) in [6, 6.07) is 14.4. The molecule has 220 valence electrons. The molecule has 43 heavy (non-hydrogen) atoms. The summed E-state index contributed by atoms with van der Waals surface area (Å²) in [5.41, 5.74) is 3.04. The molecule has 1 amide bonds. The van der Waals surface area contributed by atoms with Gasteiger partial charge in [0.2, 0.25) is 5.52 Å². The predicted molar refractivity (Wildman–Crippen MR) is 159 cm³/mol. The molecular formula is C32H30F2N6O3. The minimum Gasteiger partial charge on any atom is -0.383 e. The summed E-state index contributed by atoms with van der Waals surface area (Å²) in [7, 11) is 3.16. The molecule has 0 spiro atoms. The van der Waals surface area contributed by atoms with Crippen LogP contribution < -0.4 is 15.4 Å². The average molecular weight is 585 g/mol. The number of ether oxygens (including phenoxy) is 1. The van der Waals surface area contributed by atoms with Crippen LogP contribution >= 0.6 is 0 Å². The fourth-order valence-electron chi connectivity index (χ4n) is 6.32. The zero-order chi connectivity index (χ0) is 30.4. The van der Waals surface area contributed by atoms with Crippen molar-refractivity contribution in [3.63, 3.8) is 0 Å². The molecule has 6 rings (SSSR count). The third-order valence-corrected chi connectivity index (χ3v) is 8.41. The normalized spacial score (nSPS) is 18.6. The van der Waals surface area contributed by atoms with Crippen molar-refractivity contribution in [1.29, 1.82) is 0 Å². The number of carbonyl (C=O) groups is 1. The van der Waals surface area contributed by atoms with Crippen LogP contribution in [-0.2, 0) is 16.6 Å². The number of piperazine rings is 1. The third kappa shape index (κ3) is 4.82. The van der Waals surface area contributed by atoms with Gasteiger partial charge in [-0.05, 0) is 54.4 Å². The van der Waals surface area contributed by atoms with Crippen molar-refractivity contribution >= 4 is 34.1 Å². The molecule has 2 atom stereocenters. The number of rotatable bonds is 6. The first kappa shape index (κ1) is 28.5. The maximum Gasteiger partial charge on any atom is 0.277 e. The van der Waals surface area contributed by atoms with Gasteiger partial charge in [0, 0.05) is 39.8 Å². The Bertz CT molecular complexity index is 1760. The highest BCUT2D eigenvalue weighted by Gasteiger charge is 2.48. The van der Waals surface area contributed by atoms with E-state index in [0.29, 0.717) is 23.3 Å². The van der Waals surface area contributed by atoms with E-state index in [-0.39, 0.29) is 60.3 Å². The summed E-state index contributed by atoms with van der Waals surface area (Å²) in [5, 5.41) is 0. The van der Waals surface area contributed by atoms with Crippen LogP contribution in [0, 0.1) is 18.2 Å². The largest absolute Gasteiger partial charge is 0.383 e. The Kier molecular flexibility index (Phi) is 7.42. The first-order valence-electron chi connectivity index (χ1n) is 14.0. The number of anilines is 2. The standard InChI is InChI=1S/C32H30F2N6O3/c1-19-17-40-25(18-39(19)28(20-5-9-22(33)10-6-20)21-7-11-23(34)12-8-21)31(41)38(15-16-43-4)30-29(40)27-24(37(3)32(30)42)13-14-26(35-2)36-27/h5-14,19,25,28H,15-18H2,1,3-4H3/t19-,25-/m1/s1. The molecule has 1 saturated heterocycles. The number of nitrogens with zero attached hydrogens (tertiary/aromatic N) is 6. The quantitative estimate of drug-likeness (QED) is 0.313. The summed E-state index contributed by atoms with van der Waals surface area (Å²) in [5.74, 6) is -0.806. The Morgan fingerprint density at radius 1 is 0.977 bits per heavy atom. The van der Waals surface area contributed by atoms with E-state index in [2.05, 4.69) is 14.7 Å². The molecule has 4 heterocycles. The van der Waals surface area contributed by atoms with Gasteiger partial charge in [0.1, 0.15) is 29.1 Å². The molecule has 2 aliphatic rings. The van der Waals surface area contributed by atoms with E-state index >= 15 is 0 Å². The van der Waals surface area contributed by atoms with Crippen LogP contribution in [0.4, 0.5) is 26.0 Å². The number of hydrogen-bond acceptors (Lipinski definition) is 6. The van der Waals surface area contributed by atoms with Crippen LogP contribution in [0.5, 0.6) is 0 Å². The Labute approximate surface area is 247 Å². The van der Waals surface area contributed by atoms with Gasteiger partial charge < -0.3 is 23.9 Å². The zero-order valence-corrected chi connectivity index (χ0v) is 24.0. The molecule has 0 unspecified atom stereocenters. The topological polar surface area (TPSA) is 75.3 Å². The molecule has 0 bridgehead atoms. The molecule has 0 radical (unpaired) electrons. The van der Waals surface area contributed by atoms with Crippen LogP contribution in [0.2, 0.25) is 0 Å². The van der Waals surface area contributed by atoms with Gasteiger partial charge in [-0.25, -0.2) is 8.78 Å². The monoisotopic (exact) mass is 584 g/mol. The molecule has 9 nitrogen and oxygen atoms in total. The van der Waals surface area contributed by atoms with Crippen molar-refractivity contribution in [2.45, 2.75) is 25.0 Å². The highest BCUT2D eigenvalue weighted by atomic mass is 19.1. The lowest BCUT2D eigenvalue weighted by Crippen LogP contribution is -2.66. The van der Waals surface area contributed by atoms with Gasteiger partial charge >= 0.3 is 0 Å². The minimum atomic E-state index is -0.697. The second kappa shape index (κ2) is 11.2. The number of amides is 1. The van der Waals surface area contributed by atoms with E-state index in [1.165, 1.54) is 40.8 Å². The number of carbonyl (C=O) groups excluding carboxylic acids is 1. The summed E-state index contributed by atoms with van der Waals surface area (Å²) in [4.78, 5) is 41.8. The highest BCUT2D eigenvalue weighted by Crippen LogP contribution is 2.43. The number of halogens is 2. The second-order valence-electron chi connectivity index (χ2n) is 10.9. The second-order valence-corrected chi connectivity index (χ2v) is 10.9. The smallest absolute Gasteiger partial charge is 0.277 e. The highest BCUT2D eigenvalue weighted by molar-refractivity contribution is 6.11. The lowest BCUT2D eigenvalue weighted by Gasteiger charge is -2.52. The van der Waals surface area contributed by atoms with Gasteiger partial charge in [-0.15, -0.1) is 4.98 Å². The summed E-state index contributed by atoms with van der Waals surface area (Å²) < 4.78 is 34.7. The van der Waals surface area contributed by atoms with E-state index in [1.54, 1.807) is 43.4 Å². The van der Waals surface area contributed by atoms with Gasteiger partial charge in [-0.2, -0.15) is 0 Å². The van der Waals surface area contributed by atoms with Gasteiger partial charge in [0.25, 0.3) is 17.3 Å². The Morgan fingerprint density at radius 2 is 1.60 bits per heavy atom. The Morgan fingerprint density at radius 3 is 2.19 bits per heavy atom. The molecular weight excluding hydrogens is 554 g/mol. The van der Waals surface area contributed by atoms with E-state index < -0.39 is 12.1 Å². The third-order valence-electron chi connectivity index (χ3n) is 8.41. The Balaban J connectivity index is 1.52.